The Morgan fingerprint density at radius 3 is 2.79 bits per heavy atom. The van der Waals surface area contributed by atoms with Gasteiger partial charge in [0.1, 0.15) is 5.82 Å². The van der Waals surface area contributed by atoms with Crippen LogP contribution in [-0.2, 0) is 13.6 Å². The molecule has 0 radical (unpaired) electrons. The molecule has 1 aliphatic heterocycles. The van der Waals surface area contributed by atoms with Gasteiger partial charge in [0.05, 0.1) is 23.3 Å². The van der Waals surface area contributed by atoms with E-state index < -0.39 is 0 Å². The highest BCUT2D eigenvalue weighted by Crippen LogP contribution is 2.28. The van der Waals surface area contributed by atoms with Crippen molar-refractivity contribution in [3.05, 3.63) is 58.8 Å². The highest BCUT2D eigenvalue weighted by Gasteiger charge is 2.24. The second kappa shape index (κ2) is 8.22. The summed E-state index contributed by atoms with van der Waals surface area (Å²) in [6.45, 7) is 2.61. The summed E-state index contributed by atoms with van der Waals surface area (Å²) in [7, 11) is 3.86. The number of aliphatic imine (C=N–C) groups is 1. The minimum Gasteiger partial charge on any atom is -0.368 e. The maximum absolute atomic E-state index is 4.72. The zero-order valence-corrected chi connectivity index (χ0v) is 17.8. The molecule has 0 spiro atoms. The number of rotatable bonds is 4. The first kappa shape index (κ1) is 18.8. The molecule has 0 saturated carbocycles. The SMILES string of the molecule is CN=C(NCc1nc2ccccc2n1C)NC1CCN(c2ccccc2Br)C1. The summed E-state index contributed by atoms with van der Waals surface area (Å²) in [6.07, 6.45) is 1.08. The number of hydrogen-bond donors (Lipinski definition) is 2. The summed E-state index contributed by atoms with van der Waals surface area (Å²) in [6, 6.07) is 16.9. The average Bonchev–Trinajstić information content (AvgIpc) is 3.30. The van der Waals surface area contributed by atoms with E-state index in [0.29, 0.717) is 12.6 Å². The molecule has 28 heavy (non-hydrogen) atoms. The monoisotopic (exact) mass is 440 g/mol. The normalized spacial score (nSPS) is 17.3. The first-order valence-electron chi connectivity index (χ1n) is 9.52. The van der Waals surface area contributed by atoms with Crippen LogP contribution in [0.5, 0.6) is 0 Å². The highest BCUT2D eigenvalue weighted by molar-refractivity contribution is 9.10. The van der Waals surface area contributed by atoms with Gasteiger partial charge in [0.15, 0.2) is 5.96 Å². The van der Waals surface area contributed by atoms with E-state index in [9.17, 15) is 0 Å². The van der Waals surface area contributed by atoms with Crippen LogP contribution in [0.3, 0.4) is 0 Å². The summed E-state index contributed by atoms with van der Waals surface area (Å²) in [4.78, 5) is 11.5. The molecule has 1 fully saturated rings. The van der Waals surface area contributed by atoms with Gasteiger partial charge >= 0.3 is 0 Å². The molecular formula is C21H25BrN6. The fraction of sp³-hybridized carbons (Fsp3) is 0.333. The number of hydrogen-bond acceptors (Lipinski definition) is 3. The van der Waals surface area contributed by atoms with Crippen LogP contribution in [0.15, 0.2) is 58.0 Å². The summed E-state index contributed by atoms with van der Waals surface area (Å²) in [5.74, 6) is 1.80. The molecule has 0 amide bonds. The third-order valence-corrected chi connectivity index (χ3v) is 5.91. The van der Waals surface area contributed by atoms with Crippen molar-refractivity contribution in [2.24, 2.45) is 12.0 Å². The van der Waals surface area contributed by atoms with Crippen LogP contribution >= 0.6 is 15.9 Å². The Kier molecular flexibility index (Phi) is 5.52. The Hall–Kier alpha value is -2.54. The van der Waals surface area contributed by atoms with E-state index >= 15 is 0 Å². The first-order chi connectivity index (χ1) is 13.7. The Morgan fingerprint density at radius 1 is 1.21 bits per heavy atom. The fourth-order valence-electron chi connectivity index (χ4n) is 3.71. The van der Waals surface area contributed by atoms with E-state index in [4.69, 9.17) is 4.98 Å². The van der Waals surface area contributed by atoms with Gasteiger partial charge in [0, 0.05) is 37.7 Å². The lowest BCUT2D eigenvalue weighted by molar-refractivity contribution is 0.641. The molecule has 1 aromatic heterocycles. The van der Waals surface area contributed by atoms with E-state index in [1.165, 1.54) is 5.69 Å². The number of halogens is 1. The van der Waals surface area contributed by atoms with Crippen molar-refractivity contribution in [3.63, 3.8) is 0 Å². The molecular weight excluding hydrogens is 416 g/mol. The van der Waals surface area contributed by atoms with Gasteiger partial charge in [-0.15, -0.1) is 0 Å². The van der Waals surface area contributed by atoms with Gasteiger partial charge in [-0.05, 0) is 46.6 Å². The molecule has 146 valence electrons. The first-order valence-corrected chi connectivity index (χ1v) is 10.3. The number of aromatic nitrogens is 2. The van der Waals surface area contributed by atoms with Crippen molar-refractivity contribution in [1.29, 1.82) is 0 Å². The second-order valence-electron chi connectivity index (χ2n) is 7.03. The van der Waals surface area contributed by atoms with Gasteiger partial charge in [-0.25, -0.2) is 4.98 Å². The molecule has 0 aliphatic carbocycles. The van der Waals surface area contributed by atoms with E-state index in [0.717, 1.165) is 46.8 Å². The predicted octanol–water partition coefficient (Wildman–Crippen LogP) is 3.28. The Bertz CT molecular complexity index is 995. The molecule has 1 atom stereocenters. The maximum Gasteiger partial charge on any atom is 0.191 e. The fourth-order valence-corrected chi connectivity index (χ4v) is 4.24. The number of para-hydroxylation sites is 3. The molecule has 2 aromatic carbocycles. The van der Waals surface area contributed by atoms with Crippen molar-refractivity contribution >= 4 is 38.6 Å². The summed E-state index contributed by atoms with van der Waals surface area (Å²) in [5, 5.41) is 6.96. The molecule has 1 saturated heterocycles. The van der Waals surface area contributed by atoms with Gasteiger partial charge in [-0.2, -0.15) is 0 Å². The smallest absolute Gasteiger partial charge is 0.191 e. The average molecular weight is 441 g/mol. The topological polar surface area (TPSA) is 57.5 Å². The quantitative estimate of drug-likeness (QED) is 0.482. The van der Waals surface area contributed by atoms with E-state index in [2.05, 4.69) is 72.3 Å². The maximum atomic E-state index is 4.72. The molecule has 3 aromatic rings. The molecule has 1 unspecified atom stereocenters. The Labute approximate surface area is 173 Å². The molecule has 0 bridgehead atoms. The van der Waals surface area contributed by atoms with Gasteiger partial charge in [0.25, 0.3) is 0 Å². The number of guanidine groups is 1. The largest absolute Gasteiger partial charge is 0.368 e. The number of anilines is 1. The van der Waals surface area contributed by atoms with Crippen molar-refractivity contribution in [2.45, 2.75) is 19.0 Å². The minimum atomic E-state index is 0.360. The lowest BCUT2D eigenvalue weighted by Crippen LogP contribution is -2.44. The Balaban J connectivity index is 1.36. The van der Waals surface area contributed by atoms with Crippen LogP contribution in [0.2, 0.25) is 0 Å². The standard InChI is InChI=1S/C21H25BrN6/c1-23-21(24-13-20-26-17-8-4-6-10-19(17)27(20)2)25-15-11-12-28(14-15)18-9-5-3-7-16(18)22/h3-10,15H,11-14H2,1-2H3,(H2,23,24,25). The number of nitrogens with one attached hydrogen (secondary N) is 2. The third kappa shape index (κ3) is 3.85. The third-order valence-electron chi connectivity index (χ3n) is 5.24. The molecule has 2 heterocycles. The molecule has 6 nitrogen and oxygen atoms in total. The van der Waals surface area contributed by atoms with Crippen molar-refractivity contribution < 1.29 is 0 Å². The number of imidazole rings is 1. The molecule has 1 aliphatic rings. The van der Waals surface area contributed by atoms with E-state index in [1.54, 1.807) is 0 Å². The van der Waals surface area contributed by atoms with Crippen LogP contribution in [0.25, 0.3) is 11.0 Å². The van der Waals surface area contributed by atoms with Crippen molar-refractivity contribution in [3.8, 4) is 0 Å². The van der Waals surface area contributed by atoms with Crippen molar-refractivity contribution in [2.75, 3.05) is 25.0 Å². The summed E-state index contributed by atoms with van der Waals surface area (Å²) in [5.41, 5.74) is 3.40. The zero-order valence-electron chi connectivity index (χ0n) is 16.2. The summed E-state index contributed by atoms with van der Waals surface area (Å²) >= 11 is 3.66. The molecule has 7 heteroatoms. The number of fused-ring (bicyclic) bond motifs is 1. The minimum absolute atomic E-state index is 0.360. The lowest BCUT2D eigenvalue weighted by Gasteiger charge is -2.21. The Morgan fingerprint density at radius 2 is 2.00 bits per heavy atom. The zero-order chi connectivity index (χ0) is 19.5. The number of nitrogens with zero attached hydrogens (tertiary/aromatic N) is 4. The van der Waals surface area contributed by atoms with Crippen LogP contribution in [0.1, 0.15) is 12.2 Å². The molecule has 4 rings (SSSR count). The van der Waals surface area contributed by atoms with Gasteiger partial charge in [0.2, 0.25) is 0 Å². The number of aryl methyl sites for hydroxylation is 1. The lowest BCUT2D eigenvalue weighted by atomic mass is 10.3. The predicted molar refractivity (Wildman–Crippen MR) is 119 cm³/mol. The molecule has 2 N–H and O–H groups in total. The van der Waals surface area contributed by atoms with Crippen LogP contribution < -0.4 is 15.5 Å². The highest BCUT2D eigenvalue weighted by atomic mass is 79.9. The van der Waals surface area contributed by atoms with Crippen LogP contribution in [-0.4, -0.2) is 41.7 Å². The van der Waals surface area contributed by atoms with E-state index in [-0.39, 0.29) is 0 Å². The van der Waals surface area contributed by atoms with Gasteiger partial charge in [-0.1, -0.05) is 24.3 Å². The van der Waals surface area contributed by atoms with E-state index in [1.807, 2.05) is 31.3 Å². The second-order valence-corrected chi connectivity index (χ2v) is 7.88. The summed E-state index contributed by atoms with van der Waals surface area (Å²) < 4.78 is 3.26. The van der Waals surface area contributed by atoms with Gasteiger partial charge < -0.3 is 20.1 Å². The van der Waals surface area contributed by atoms with Crippen molar-refractivity contribution in [1.82, 2.24) is 20.2 Å². The van der Waals surface area contributed by atoms with Crippen LogP contribution in [0, 0.1) is 0 Å². The van der Waals surface area contributed by atoms with Gasteiger partial charge in [-0.3, -0.25) is 4.99 Å². The van der Waals surface area contributed by atoms with Crippen LogP contribution in [0.4, 0.5) is 5.69 Å². The number of benzene rings is 2.